The largest absolute Gasteiger partial charge is 0.458 e. The quantitative estimate of drug-likeness (QED) is 0.282. The van der Waals surface area contributed by atoms with Gasteiger partial charge in [0.1, 0.15) is 16.8 Å². The molecule has 0 aliphatic carbocycles. The van der Waals surface area contributed by atoms with Crippen LogP contribution < -0.4 is 4.31 Å². The molecule has 1 unspecified atom stereocenters. The Morgan fingerprint density at radius 1 is 0.920 bits per heavy atom. The summed E-state index contributed by atoms with van der Waals surface area (Å²) >= 11 is -3.32. The highest BCUT2D eigenvalue weighted by Crippen LogP contribution is 2.36. The van der Waals surface area contributed by atoms with Crippen LogP contribution >= 0.6 is 0 Å². The third-order valence-corrected chi connectivity index (χ3v) is 3.90. The van der Waals surface area contributed by atoms with Gasteiger partial charge in [0.15, 0.2) is 23.3 Å². The zero-order valence-corrected chi connectivity index (χ0v) is 14.7. The van der Waals surface area contributed by atoms with Gasteiger partial charge in [-0.05, 0) is 34.6 Å². The minimum Gasteiger partial charge on any atom is -0.458 e. The molecule has 0 aliphatic rings. The number of benzene rings is 1. The van der Waals surface area contributed by atoms with Gasteiger partial charge in [-0.3, -0.25) is 4.55 Å². The maximum atomic E-state index is 14.0. The fourth-order valence-electron chi connectivity index (χ4n) is 1.81. The van der Waals surface area contributed by atoms with E-state index in [0.29, 0.717) is 0 Å². The van der Waals surface area contributed by atoms with E-state index in [9.17, 15) is 35.5 Å². The van der Waals surface area contributed by atoms with E-state index in [-0.39, 0.29) is 4.31 Å². The summed E-state index contributed by atoms with van der Waals surface area (Å²) in [5, 5.41) is 0. The molecule has 142 valence electrons. The molecule has 1 aromatic rings. The number of anilines is 1. The van der Waals surface area contributed by atoms with E-state index in [1.54, 1.807) is 0 Å². The second-order valence-corrected chi connectivity index (χ2v) is 7.33. The van der Waals surface area contributed by atoms with Crippen LogP contribution in [0.1, 0.15) is 34.6 Å². The molecule has 25 heavy (non-hydrogen) atoms. The number of carbonyl (C=O) groups excluding carboxylic acids is 1. The van der Waals surface area contributed by atoms with Gasteiger partial charge in [-0.15, -0.1) is 0 Å². The second kappa shape index (κ2) is 6.87. The summed E-state index contributed by atoms with van der Waals surface area (Å²) in [4.78, 5) is 12.2. The molecule has 0 saturated carbocycles. The van der Waals surface area contributed by atoms with E-state index in [1.165, 1.54) is 20.8 Å². The number of rotatable bonds is 4. The van der Waals surface area contributed by atoms with Gasteiger partial charge in [0.2, 0.25) is 5.82 Å². The van der Waals surface area contributed by atoms with Crippen molar-refractivity contribution in [2.45, 2.75) is 45.8 Å². The molecule has 11 heteroatoms. The van der Waals surface area contributed by atoms with E-state index in [1.807, 2.05) is 0 Å². The molecule has 1 atom stereocenters. The summed E-state index contributed by atoms with van der Waals surface area (Å²) < 4.78 is 93.7. The molecule has 0 spiro atoms. The number of halogens is 5. The molecule has 0 radical (unpaired) electrons. The normalized spacial score (nSPS) is 13.6. The molecule has 0 saturated heterocycles. The molecular formula is C14H16F5NO4S. The zero-order chi connectivity index (χ0) is 19.9. The van der Waals surface area contributed by atoms with Crippen molar-refractivity contribution in [2.24, 2.45) is 0 Å². The topological polar surface area (TPSA) is 66.8 Å². The SMILES string of the molecule is CC(C)(C)OC(=O)C(C)(C)N(c1c(F)c(F)c(F)c(F)c1F)S(=O)O. The first kappa shape index (κ1) is 21.3. The van der Waals surface area contributed by atoms with Crippen molar-refractivity contribution in [2.75, 3.05) is 4.31 Å². The summed E-state index contributed by atoms with van der Waals surface area (Å²) in [6.07, 6.45) is 0. The van der Waals surface area contributed by atoms with E-state index in [4.69, 9.17) is 4.74 Å². The van der Waals surface area contributed by atoms with Crippen molar-refractivity contribution in [3.8, 4) is 0 Å². The second-order valence-electron chi connectivity index (χ2n) is 6.50. The van der Waals surface area contributed by atoms with Crippen LogP contribution in [-0.4, -0.2) is 25.9 Å². The predicted molar refractivity (Wildman–Crippen MR) is 79.4 cm³/mol. The van der Waals surface area contributed by atoms with Crippen LogP contribution in [0.3, 0.4) is 0 Å². The molecule has 0 fully saturated rings. The van der Waals surface area contributed by atoms with Crippen molar-refractivity contribution >= 4 is 22.9 Å². The maximum Gasteiger partial charge on any atom is 0.333 e. The standard InChI is InChI=1S/C14H16F5NO4S/c1-13(2,3)24-12(21)14(4,5)20(25(22)23)11-9(18)7(16)6(15)8(17)10(11)19/h1-5H3,(H,22,23). The average molecular weight is 389 g/mol. The number of hydrogen-bond donors (Lipinski definition) is 1. The number of nitrogens with zero attached hydrogens (tertiary/aromatic N) is 1. The van der Waals surface area contributed by atoms with Crippen molar-refractivity contribution in [1.82, 2.24) is 0 Å². The molecule has 0 aromatic heterocycles. The monoisotopic (exact) mass is 389 g/mol. The number of carbonyl (C=O) groups is 1. The van der Waals surface area contributed by atoms with Crippen LogP contribution in [0.2, 0.25) is 0 Å². The first-order valence-corrected chi connectivity index (χ1v) is 7.85. The molecule has 5 nitrogen and oxygen atoms in total. The smallest absolute Gasteiger partial charge is 0.333 e. The maximum absolute atomic E-state index is 14.0. The molecule has 0 bridgehead atoms. The molecule has 1 N–H and O–H groups in total. The summed E-state index contributed by atoms with van der Waals surface area (Å²) in [5.74, 6) is -13.0. The molecular weight excluding hydrogens is 373 g/mol. The zero-order valence-electron chi connectivity index (χ0n) is 13.9. The van der Waals surface area contributed by atoms with Crippen LogP contribution in [0, 0.1) is 29.1 Å². The van der Waals surface area contributed by atoms with Crippen LogP contribution in [-0.2, 0) is 20.8 Å². The van der Waals surface area contributed by atoms with Crippen molar-refractivity contribution in [1.29, 1.82) is 0 Å². The van der Waals surface area contributed by atoms with Crippen molar-refractivity contribution in [3.63, 3.8) is 0 Å². The van der Waals surface area contributed by atoms with Gasteiger partial charge >= 0.3 is 5.97 Å². The summed E-state index contributed by atoms with van der Waals surface area (Å²) in [6, 6.07) is 0. The van der Waals surface area contributed by atoms with Gasteiger partial charge < -0.3 is 4.74 Å². The minimum absolute atomic E-state index is 0.142. The van der Waals surface area contributed by atoms with E-state index in [2.05, 4.69) is 0 Å². The molecule has 0 heterocycles. The highest BCUT2D eigenvalue weighted by Gasteiger charge is 2.45. The summed E-state index contributed by atoms with van der Waals surface area (Å²) in [6.45, 7) is 6.25. The van der Waals surface area contributed by atoms with E-state index >= 15 is 0 Å². The fourth-order valence-corrected chi connectivity index (χ4v) is 2.59. The van der Waals surface area contributed by atoms with Crippen LogP contribution in [0.15, 0.2) is 0 Å². The van der Waals surface area contributed by atoms with Gasteiger partial charge in [-0.2, -0.15) is 0 Å². The van der Waals surface area contributed by atoms with Gasteiger partial charge in [-0.1, -0.05) is 0 Å². The first-order chi connectivity index (χ1) is 11.1. The summed E-state index contributed by atoms with van der Waals surface area (Å²) in [7, 11) is 0. The van der Waals surface area contributed by atoms with Crippen molar-refractivity contribution in [3.05, 3.63) is 29.1 Å². The minimum atomic E-state index is -3.32. The Morgan fingerprint density at radius 3 is 1.60 bits per heavy atom. The third-order valence-electron chi connectivity index (χ3n) is 2.95. The average Bonchev–Trinajstić information content (AvgIpc) is 2.45. The van der Waals surface area contributed by atoms with E-state index in [0.717, 1.165) is 13.8 Å². The van der Waals surface area contributed by atoms with Gasteiger partial charge in [0.25, 0.3) is 11.3 Å². The Hall–Kier alpha value is -1.75. The Morgan fingerprint density at radius 2 is 1.28 bits per heavy atom. The lowest BCUT2D eigenvalue weighted by Gasteiger charge is -2.36. The van der Waals surface area contributed by atoms with Gasteiger partial charge in [0, 0.05) is 0 Å². The van der Waals surface area contributed by atoms with Gasteiger partial charge in [-0.25, -0.2) is 35.3 Å². The van der Waals surface area contributed by atoms with Crippen molar-refractivity contribution < 1.29 is 40.2 Å². The fraction of sp³-hybridized carbons (Fsp3) is 0.500. The lowest BCUT2D eigenvalue weighted by molar-refractivity contribution is -0.159. The Labute approximate surface area is 143 Å². The number of esters is 1. The van der Waals surface area contributed by atoms with E-state index < -0.39 is 63.1 Å². The Bertz CT molecular complexity index is 704. The molecule has 0 amide bonds. The number of ether oxygens (including phenoxy) is 1. The predicted octanol–water partition coefficient (Wildman–Crippen LogP) is 3.45. The van der Waals surface area contributed by atoms with Gasteiger partial charge in [0.05, 0.1) is 0 Å². The molecule has 1 aromatic carbocycles. The van der Waals surface area contributed by atoms with Crippen LogP contribution in [0.5, 0.6) is 0 Å². The Kier molecular flexibility index (Phi) is 5.85. The highest BCUT2D eigenvalue weighted by molar-refractivity contribution is 7.80. The molecule has 1 rings (SSSR count). The first-order valence-electron chi connectivity index (χ1n) is 6.79. The highest BCUT2D eigenvalue weighted by atomic mass is 32.2. The molecule has 0 aliphatic heterocycles. The van der Waals surface area contributed by atoms with Crippen LogP contribution in [0.4, 0.5) is 27.6 Å². The third kappa shape index (κ3) is 4.09. The lowest BCUT2D eigenvalue weighted by Crippen LogP contribution is -2.54. The number of hydrogen-bond acceptors (Lipinski definition) is 3. The van der Waals surface area contributed by atoms with Crippen LogP contribution in [0.25, 0.3) is 0 Å². The lowest BCUT2D eigenvalue weighted by atomic mass is 10.0. The Balaban J connectivity index is 3.64. The summed E-state index contributed by atoms with van der Waals surface area (Å²) in [5.41, 5.74) is -5.04.